The third kappa shape index (κ3) is 3.07. The average molecular weight is 267 g/mol. The number of rotatable bonds is 4. The van der Waals surface area contributed by atoms with Crippen LogP contribution in [-0.4, -0.2) is 10.5 Å². The molecule has 1 aromatic carbocycles. The van der Waals surface area contributed by atoms with Crippen LogP contribution in [0.3, 0.4) is 0 Å². The van der Waals surface area contributed by atoms with Gasteiger partial charge in [-0.2, -0.15) is 5.26 Å². The summed E-state index contributed by atoms with van der Waals surface area (Å²) in [6.45, 7) is 4.46. The summed E-state index contributed by atoms with van der Waals surface area (Å²) in [6.07, 6.45) is 0. The highest BCUT2D eigenvalue weighted by atomic mass is 16.1. The van der Waals surface area contributed by atoms with Crippen molar-refractivity contribution in [3.8, 4) is 6.07 Å². The molecule has 0 aliphatic heterocycles. The average Bonchev–Trinajstić information content (AvgIpc) is 2.71. The molecule has 0 fully saturated rings. The number of nitrogens with one attached hydrogen (secondary N) is 1. The summed E-state index contributed by atoms with van der Waals surface area (Å²) < 4.78 is 1.75. The standard InChI is InChI=1S/C16H17N3O/c1-12-8-13(2)19(15(12)9-17)11-16(20)18-10-14-6-4-3-5-7-14/h3-8H,10-11H2,1-2H3,(H,18,20). The highest BCUT2D eigenvalue weighted by Crippen LogP contribution is 2.13. The molecule has 0 saturated carbocycles. The molecule has 0 atom stereocenters. The minimum atomic E-state index is -0.0935. The molecule has 1 aromatic heterocycles. The maximum absolute atomic E-state index is 12.0. The number of hydrogen-bond acceptors (Lipinski definition) is 2. The normalized spacial score (nSPS) is 10.1. The Bertz CT molecular complexity index is 650. The van der Waals surface area contributed by atoms with Crippen molar-refractivity contribution in [2.24, 2.45) is 0 Å². The van der Waals surface area contributed by atoms with Gasteiger partial charge >= 0.3 is 0 Å². The molecule has 2 rings (SSSR count). The monoisotopic (exact) mass is 267 g/mol. The Kier molecular flexibility index (Phi) is 4.21. The van der Waals surface area contributed by atoms with Gasteiger partial charge in [-0.05, 0) is 31.0 Å². The summed E-state index contributed by atoms with van der Waals surface area (Å²) >= 11 is 0. The number of carbonyl (C=O) groups is 1. The van der Waals surface area contributed by atoms with Crippen molar-refractivity contribution in [3.05, 3.63) is 58.9 Å². The number of amides is 1. The van der Waals surface area contributed by atoms with E-state index in [4.69, 9.17) is 5.26 Å². The SMILES string of the molecule is Cc1cc(C)n(CC(=O)NCc2ccccc2)c1C#N. The number of aromatic nitrogens is 1. The van der Waals surface area contributed by atoms with Crippen molar-refractivity contribution in [2.45, 2.75) is 26.9 Å². The maximum atomic E-state index is 12.0. The van der Waals surface area contributed by atoms with Gasteiger partial charge in [0, 0.05) is 12.2 Å². The summed E-state index contributed by atoms with van der Waals surface area (Å²) in [5, 5.41) is 12.0. The lowest BCUT2D eigenvalue weighted by atomic mass is 10.2. The Labute approximate surface area is 118 Å². The van der Waals surface area contributed by atoms with Gasteiger partial charge < -0.3 is 9.88 Å². The lowest BCUT2D eigenvalue weighted by molar-refractivity contribution is -0.121. The van der Waals surface area contributed by atoms with E-state index in [9.17, 15) is 4.79 Å². The first kappa shape index (κ1) is 13.9. The molecule has 0 saturated heterocycles. The molecule has 0 aliphatic rings. The van der Waals surface area contributed by atoms with Crippen LogP contribution in [0.4, 0.5) is 0 Å². The first-order valence-corrected chi connectivity index (χ1v) is 6.49. The molecular formula is C16H17N3O. The molecule has 4 nitrogen and oxygen atoms in total. The molecule has 0 unspecified atom stereocenters. The molecule has 0 radical (unpaired) electrons. The van der Waals surface area contributed by atoms with Crippen LogP contribution in [0.5, 0.6) is 0 Å². The van der Waals surface area contributed by atoms with Crippen LogP contribution in [0.15, 0.2) is 36.4 Å². The number of benzene rings is 1. The minimum Gasteiger partial charge on any atom is -0.350 e. The molecule has 1 N–H and O–H groups in total. The predicted molar refractivity (Wildman–Crippen MR) is 76.9 cm³/mol. The van der Waals surface area contributed by atoms with E-state index in [2.05, 4.69) is 11.4 Å². The van der Waals surface area contributed by atoms with Crippen molar-refractivity contribution in [3.63, 3.8) is 0 Å². The zero-order valence-electron chi connectivity index (χ0n) is 11.7. The van der Waals surface area contributed by atoms with Crippen LogP contribution < -0.4 is 5.32 Å². The first-order chi connectivity index (χ1) is 9.61. The largest absolute Gasteiger partial charge is 0.350 e. The topological polar surface area (TPSA) is 57.8 Å². The minimum absolute atomic E-state index is 0.0935. The number of hydrogen-bond donors (Lipinski definition) is 1. The fourth-order valence-corrected chi connectivity index (χ4v) is 2.20. The smallest absolute Gasteiger partial charge is 0.240 e. The van der Waals surface area contributed by atoms with E-state index < -0.39 is 0 Å². The van der Waals surface area contributed by atoms with Gasteiger partial charge in [0.1, 0.15) is 18.3 Å². The zero-order chi connectivity index (χ0) is 14.5. The Morgan fingerprint density at radius 1 is 1.30 bits per heavy atom. The van der Waals surface area contributed by atoms with Crippen LogP contribution >= 0.6 is 0 Å². The van der Waals surface area contributed by atoms with Crippen molar-refractivity contribution >= 4 is 5.91 Å². The molecule has 0 aliphatic carbocycles. The third-order valence-corrected chi connectivity index (χ3v) is 3.23. The highest BCUT2D eigenvalue weighted by molar-refractivity contribution is 5.76. The van der Waals surface area contributed by atoms with Crippen molar-refractivity contribution < 1.29 is 4.79 Å². The van der Waals surface area contributed by atoms with E-state index >= 15 is 0 Å². The van der Waals surface area contributed by atoms with E-state index in [1.807, 2.05) is 50.2 Å². The van der Waals surface area contributed by atoms with Gasteiger partial charge in [-0.1, -0.05) is 30.3 Å². The molecule has 2 aromatic rings. The molecule has 102 valence electrons. The Morgan fingerprint density at radius 2 is 2.00 bits per heavy atom. The number of nitriles is 1. The molecule has 20 heavy (non-hydrogen) atoms. The summed E-state index contributed by atoms with van der Waals surface area (Å²) in [5.74, 6) is -0.0935. The van der Waals surface area contributed by atoms with Crippen molar-refractivity contribution in [2.75, 3.05) is 0 Å². The van der Waals surface area contributed by atoms with E-state index in [1.165, 1.54) is 0 Å². The van der Waals surface area contributed by atoms with Crippen molar-refractivity contribution in [1.29, 1.82) is 5.26 Å². The van der Waals surface area contributed by atoms with E-state index in [1.54, 1.807) is 4.57 Å². The van der Waals surface area contributed by atoms with Crippen LogP contribution in [-0.2, 0) is 17.9 Å². The van der Waals surface area contributed by atoms with Gasteiger partial charge in [-0.3, -0.25) is 4.79 Å². The quantitative estimate of drug-likeness (QED) is 0.924. The molecule has 1 heterocycles. The lowest BCUT2D eigenvalue weighted by Crippen LogP contribution is -2.27. The highest BCUT2D eigenvalue weighted by Gasteiger charge is 2.12. The first-order valence-electron chi connectivity index (χ1n) is 6.49. The Balaban J connectivity index is 2.01. The summed E-state index contributed by atoms with van der Waals surface area (Å²) in [4.78, 5) is 12.0. The maximum Gasteiger partial charge on any atom is 0.240 e. The van der Waals surface area contributed by atoms with Gasteiger partial charge in [-0.25, -0.2) is 0 Å². The fraction of sp³-hybridized carbons (Fsp3) is 0.250. The van der Waals surface area contributed by atoms with Crippen LogP contribution in [0.1, 0.15) is 22.5 Å². The van der Waals surface area contributed by atoms with Gasteiger partial charge in [0.05, 0.1) is 0 Å². The van der Waals surface area contributed by atoms with E-state index in [0.29, 0.717) is 12.2 Å². The van der Waals surface area contributed by atoms with Crippen molar-refractivity contribution in [1.82, 2.24) is 9.88 Å². The van der Waals surface area contributed by atoms with Crippen LogP contribution in [0.2, 0.25) is 0 Å². The molecule has 1 amide bonds. The zero-order valence-corrected chi connectivity index (χ0v) is 11.7. The van der Waals surface area contributed by atoms with Gasteiger partial charge in [0.2, 0.25) is 5.91 Å². The number of carbonyl (C=O) groups excluding carboxylic acids is 1. The number of aryl methyl sites for hydroxylation is 2. The second-order valence-corrected chi connectivity index (χ2v) is 4.78. The van der Waals surface area contributed by atoms with Gasteiger partial charge in [-0.15, -0.1) is 0 Å². The second kappa shape index (κ2) is 6.07. The number of nitrogens with zero attached hydrogens (tertiary/aromatic N) is 2. The molecule has 0 spiro atoms. The Morgan fingerprint density at radius 3 is 2.65 bits per heavy atom. The fourth-order valence-electron chi connectivity index (χ4n) is 2.20. The predicted octanol–water partition coefficient (Wildman–Crippen LogP) is 2.29. The van der Waals surface area contributed by atoms with Crippen LogP contribution in [0, 0.1) is 25.2 Å². The van der Waals surface area contributed by atoms with E-state index in [-0.39, 0.29) is 12.5 Å². The summed E-state index contributed by atoms with van der Waals surface area (Å²) in [5.41, 5.74) is 3.44. The third-order valence-electron chi connectivity index (χ3n) is 3.23. The Hall–Kier alpha value is -2.54. The summed E-state index contributed by atoms with van der Waals surface area (Å²) in [7, 11) is 0. The molecule has 0 bridgehead atoms. The van der Waals surface area contributed by atoms with Crippen LogP contribution in [0.25, 0.3) is 0 Å². The molecule has 4 heteroatoms. The van der Waals surface area contributed by atoms with Gasteiger partial charge in [0.15, 0.2) is 0 Å². The van der Waals surface area contributed by atoms with Gasteiger partial charge in [0.25, 0.3) is 0 Å². The second-order valence-electron chi connectivity index (χ2n) is 4.78. The summed E-state index contributed by atoms with van der Waals surface area (Å²) in [6, 6.07) is 13.8. The lowest BCUT2D eigenvalue weighted by Gasteiger charge is -2.09. The van der Waals surface area contributed by atoms with E-state index in [0.717, 1.165) is 16.8 Å². The molecular weight excluding hydrogens is 250 g/mol.